The van der Waals surface area contributed by atoms with Crippen LogP contribution in [0.1, 0.15) is 46.8 Å². The Morgan fingerprint density at radius 2 is 1.46 bits per heavy atom. The molecule has 1 N–H and O–H groups in total. The molecule has 5 nitrogen and oxygen atoms in total. The topological polar surface area (TPSA) is 40.5 Å². The van der Waals surface area contributed by atoms with Crippen molar-refractivity contribution in [3.05, 3.63) is 107 Å². The van der Waals surface area contributed by atoms with Gasteiger partial charge in [-0.25, -0.2) is 0 Å². The summed E-state index contributed by atoms with van der Waals surface area (Å²) in [6.45, 7) is 10.5. The normalized spacial score (nSPS) is 14.9. The van der Waals surface area contributed by atoms with Gasteiger partial charge in [-0.15, -0.1) is 0 Å². The van der Waals surface area contributed by atoms with Crippen LogP contribution >= 0.6 is 0 Å². The molecule has 1 saturated heterocycles. The third-order valence-corrected chi connectivity index (χ3v) is 8.02. The van der Waals surface area contributed by atoms with E-state index in [1.165, 1.54) is 36.2 Å². The highest BCUT2D eigenvalue weighted by molar-refractivity contribution is 6.07. The fourth-order valence-corrected chi connectivity index (χ4v) is 5.82. The van der Waals surface area contributed by atoms with Crippen molar-refractivity contribution >= 4 is 16.8 Å². The van der Waals surface area contributed by atoms with Crippen molar-refractivity contribution in [2.45, 2.75) is 45.7 Å². The third kappa shape index (κ3) is 7.17. The Kier molecular flexibility index (Phi) is 9.47. The third-order valence-electron chi connectivity index (χ3n) is 8.02. The zero-order valence-electron chi connectivity index (χ0n) is 23.3. The molecule has 1 fully saturated rings. The average Bonchev–Trinajstić information content (AvgIpc) is 3.21. The first kappa shape index (κ1) is 27.2. The van der Waals surface area contributed by atoms with Gasteiger partial charge >= 0.3 is 0 Å². The molecule has 0 radical (unpaired) electrons. The molecule has 2 heterocycles. The number of aromatic nitrogens is 1. The summed E-state index contributed by atoms with van der Waals surface area (Å²) >= 11 is 0. The van der Waals surface area contributed by atoms with Crippen LogP contribution < -0.4 is 5.32 Å². The molecule has 1 amide bonds. The second-order valence-electron chi connectivity index (χ2n) is 10.7. The van der Waals surface area contributed by atoms with Crippen molar-refractivity contribution in [2.75, 3.05) is 39.3 Å². The van der Waals surface area contributed by atoms with E-state index in [4.69, 9.17) is 0 Å². The lowest BCUT2D eigenvalue weighted by molar-refractivity contribution is 0.0952. The van der Waals surface area contributed by atoms with Crippen molar-refractivity contribution in [1.29, 1.82) is 0 Å². The molecule has 0 atom stereocenters. The van der Waals surface area contributed by atoms with Crippen LogP contribution in [-0.4, -0.2) is 59.5 Å². The molecule has 5 heteroatoms. The van der Waals surface area contributed by atoms with Crippen molar-refractivity contribution < 1.29 is 4.79 Å². The first-order valence-corrected chi connectivity index (χ1v) is 14.6. The Labute approximate surface area is 233 Å². The number of carbonyl (C=O) groups excluding carboxylic acids is 1. The standard InChI is InChI=1S/C34H42N4O/c1-2-30-16-9-17-31-32(34(39)35-26-29-14-7-4-8-15-29)27-38(33(30)31)22-11-21-36-19-10-20-37(25-24-36)23-18-28-12-5-3-6-13-28/h3-9,12-17,27H,2,10-11,18-26H2,1H3,(H,35,39). The van der Waals surface area contributed by atoms with E-state index < -0.39 is 0 Å². The monoisotopic (exact) mass is 522 g/mol. The van der Waals surface area contributed by atoms with Crippen LogP contribution in [0.5, 0.6) is 0 Å². The highest BCUT2D eigenvalue weighted by Gasteiger charge is 2.18. The largest absolute Gasteiger partial charge is 0.348 e. The highest BCUT2D eigenvalue weighted by Crippen LogP contribution is 2.26. The SMILES string of the molecule is CCc1cccc2c(C(=O)NCc3ccccc3)cn(CCCN3CCCN(CCc4ccccc4)CC3)c12. The molecule has 0 aliphatic carbocycles. The van der Waals surface area contributed by atoms with Crippen LogP contribution in [0.3, 0.4) is 0 Å². The Balaban J connectivity index is 1.18. The minimum absolute atomic E-state index is 0.000955. The maximum atomic E-state index is 13.2. The molecule has 3 aromatic carbocycles. The Hall–Kier alpha value is -3.41. The van der Waals surface area contributed by atoms with Gasteiger partial charge in [0, 0.05) is 44.3 Å². The Bertz CT molecular complexity index is 1330. The molecular formula is C34H42N4O. The van der Waals surface area contributed by atoms with Gasteiger partial charge in [0.1, 0.15) is 0 Å². The zero-order valence-corrected chi connectivity index (χ0v) is 23.3. The summed E-state index contributed by atoms with van der Waals surface area (Å²) in [5.41, 5.74) is 5.84. The number of nitrogens with zero attached hydrogens (tertiary/aromatic N) is 3. The van der Waals surface area contributed by atoms with E-state index >= 15 is 0 Å². The van der Waals surface area contributed by atoms with Gasteiger partial charge < -0.3 is 19.7 Å². The molecule has 0 saturated carbocycles. The Morgan fingerprint density at radius 1 is 0.769 bits per heavy atom. The van der Waals surface area contributed by atoms with Crippen LogP contribution in [-0.2, 0) is 25.9 Å². The van der Waals surface area contributed by atoms with E-state index in [-0.39, 0.29) is 5.91 Å². The quantitative estimate of drug-likeness (QED) is 0.272. The number of benzene rings is 3. The number of aryl methyl sites for hydroxylation is 2. The highest BCUT2D eigenvalue weighted by atomic mass is 16.1. The van der Waals surface area contributed by atoms with Crippen molar-refractivity contribution in [1.82, 2.24) is 19.7 Å². The number of rotatable bonds is 11. The summed E-state index contributed by atoms with van der Waals surface area (Å²) in [6.07, 6.45) is 6.47. The van der Waals surface area contributed by atoms with Gasteiger partial charge in [0.2, 0.25) is 0 Å². The van der Waals surface area contributed by atoms with Gasteiger partial charge in [-0.3, -0.25) is 4.79 Å². The second-order valence-corrected chi connectivity index (χ2v) is 10.7. The molecule has 0 unspecified atom stereocenters. The molecule has 5 rings (SSSR count). The molecule has 4 aromatic rings. The molecule has 204 valence electrons. The number of amides is 1. The second kappa shape index (κ2) is 13.6. The van der Waals surface area contributed by atoms with E-state index in [0.717, 1.165) is 68.5 Å². The van der Waals surface area contributed by atoms with E-state index in [9.17, 15) is 4.79 Å². The number of hydrogen-bond donors (Lipinski definition) is 1. The lowest BCUT2D eigenvalue weighted by atomic mass is 10.1. The van der Waals surface area contributed by atoms with Crippen LogP contribution in [0.2, 0.25) is 0 Å². The lowest BCUT2D eigenvalue weighted by Crippen LogP contribution is -2.32. The van der Waals surface area contributed by atoms with Crippen LogP contribution in [0.15, 0.2) is 85.1 Å². The molecule has 1 aliphatic heterocycles. The fraction of sp³-hybridized carbons (Fsp3) is 0.382. The van der Waals surface area contributed by atoms with Crippen molar-refractivity contribution in [3.8, 4) is 0 Å². The lowest BCUT2D eigenvalue weighted by Gasteiger charge is -2.22. The first-order valence-electron chi connectivity index (χ1n) is 14.6. The Morgan fingerprint density at radius 3 is 2.18 bits per heavy atom. The fourth-order valence-electron chi connectivity index (χ4n) is 5.82. The van der Waals surface area contributed by atoms with Gasteiger partial charge in [0.15, 0.2) is 0 Å². The molecule has 0 spiro atoms. The average molecular weight is 523 g/mol. The predicted octanol–water partition coefficient (Wildman–Crippen LogP) is 5.77. The molecule has 39 heavy (non-hydrogen) atoms. The summed E-state index contributed by atoms with van der Waals surface area (Å²) < 4.78 is 2.33. The number of para-hydroxylation sites is 1. The molecule has 0 bridgehead atoms. The van der Waals surface area contributed by atoms with Crippen LogP contribution in [0.4, 0.5) is 0 Å². The van der Waals surface area contributed by atoms with Gasteiger partial charge in [-0.1, -0.05) is 85.8 Å². The predicted molar refractivity (Wildman–Crippen MR) is 161 cm³/mol. The van der Waals surface area contributed by atoms with E-state index in [1.54, 1.807) is 0 Å². The van der Waals surface area contributed by atoms with Crippen LogP contribution in [0.25, 0.3) is 10.9 Å². The van der Waals surface area contributed by atoms with Crippen molar-refractivity contribution in [2.24, 2.45) is 0 Å². The summed E-state index contributed by atoms with van der Waals surface area (Å²) in [5.74, 6) is -0.000955. The smallest absolute Gasteiger partial charge is 0.253 e. The van der Waals surface area contributed by atoms with E-state index in [2.05, 4.69) is 81.3 Å². The number of fused-ring (bicyclic) bond motifs is 1. The maximum absolute atomic E-state index is 13.2. The number of nitrogens with one attached hydrogen (secondary N) is 1. The summed E-state index contributed by atoms with van der Waals surface area (Å²) in [5, 5.41) is 4.19. The van der Waals surface area contributed by atoms with Gasteiger partial charge in [-0.05, 0) is 62.0 Å². The van der Waals surface area contributed by atoms with E-state index in [1.807, 2.05) is 30.3 Å². The van der Waals surface area contributed by atoms with E-state index in [0.29, 0.717) is 6.54 Å². The van der Waals surface area contributed by atoms with Gasteiger partial charge in [-0.2, -0.15) is 0 Å². The van der Waals surface area contributed by atoms with Gasteiger partial charge in [0.05, 0.1) is 11.1 Å². The van der Waals surface area contributed by atoms with Gasteiger partial charge in [0.25, 0.3) is 5.91 Å². The molecule has 1 aromatic heterocycles. The maximum Gasteiger partial charge on any atom is 0.253 e. The number of hydrogen-bond acceptors (Lipinski definition) is 3. The molecular weight excluding hydrogens is 480 g/mol. The first-order chi connectivity index (χ1) is 19.2. The van der Waals surface area contributed by atoms with Crippen LogP contribution in [0, 0.1) is 0 Å². The zero-order chi connectivity index (χ0) is 26.9. The summed E-state index contributed by atoms with van der Waals surface area (Å²) in [4.78, 5) is 18.5. The minimum Gasteiger partial charge on any atom is -0.348 e. The molecule has 1 aliphatic rings. The number of carbonyl (C=O) groups is 1. The van der Waals surface area contributed by atoms with Crippen molar-refractivity contribution in [3.63, 3.8) is 0 Å². The summed E-state index contributed by atoms with van der Waals surface area (Å²) in [6, 6.07) is 27.3. The summed E-state index contributed by atoms with van der Waals surface area (Å²) in [7, 11) is 0. The minimum atomic E-state index is -0.000955.